The van der Waals surface area contributed by atoms with Gasteiger partial charge in [0.25, 0.3) is 0 Å². The lowest BCUT2D eigenvalue weighted by Crippen LogP contribution is -2.37. The van der Waals surface area contributed by atoms with Gasteiger partial charge in [0.1, 0.15) is 0 Å². The van der Waals surface area contributed by atoms with E-state index in [1.807, 2.05) is 23.1 Å². The maximum absolute atomic E-state index is 12.4. The quantitative estimate of drug-likeness (QED) is 0.878. The summed E-state index contributed by atoms with van der Waals surface area (Å²) in [7, 11) is 0. The van der Waals surface area contributed by atoms with Crippen LogP contribution in [0.1, 0.15) is 32.3 Å². The van der Waals surface area contributed by atoms with Gasteiger partial charge in [-0.05, 0) is 24.5 Å². The fraction of sp³-hybridized carbons (Fsp3) is 0.500. The zero-order valence-corrected chi connectivity index (χ0v) is 13.3. The van der Waals surface area contributed by atoms with Crippen LogP contribution in [0, 0.1) is 0 Å². The topological polar surface area (TPSA) is 57.6 Å². The minimum absolute atomic E-state index is 0.00234. The van der Waals surface area contributed by atoms with Gasteiger partial charge in [-0.3, -0.25) is 9.59 Å². The van der Waals surface area contributed by atoms with Gasteiger partial charge in [-0.2, -0.15) is 0 Å². The molecule has 0 aliphatic carbocycles. The molecule has 1 aromatic carbocycles. The smallest absolute Gasteiger partial charge is 0.313 e. The number of rotatable bonds is 6. The Balaban J connectivity index is 2.19. The largest absolute Gasteiger partial charge is 0.481 e. The second-order valence-electron chi connectivity index (χ2n) is 5.37. The van der Waals surface area contributed by atoms with Crippen LogP contribution in [0.2, 0.25) is 0 Å². The third-order valence-electron chi connectivity index (χ3n) is 4.33. The van der Waals surface area contributed by atoms with Crippen molar-refractivity contribution < 1.29 is 14.7 Å². The lowest BCUT2D eigenvalue weighted by atomic mass is 9.78. The molecular weight excluding hydrogens is 286 g/mol. The highest BCUT2D eigenvalue weighted by atomic mass is 32.2. The van der Waals surface area contributed by atoms with Crippen molar-refractivity contribution in [2.24, 2.45) is 0 Å². The van der Waals surface area contributed by atoms with E-state index in [-0.39, 0.29) is 22.8 Å². The van der Waals surface area contributed by atoms with E-state index in [4.69, 9.17) is 5.11 Å². The van der Waals surface area contributed by atoms with Gasteiger partial charge in [-0.15, -0.1) is 11.8 Å². The molecule has 1 heterocycles. The van der Waals surface area contributed by atoms with Gasteiger partial charge < -0.3 is 10.0 Å². The summed E-state index contributed by atoms with van der Waals surface area (Å²) >= 11 is 1.16. The summed E-state index contributed by atoms with van der Waals surface area (Å²) in [6.07, 6.45) is 1.99. The summed E-state index contributed by atoms with van der Waals surface area (Å²) in [6.45, 7) is 5.02. The molecule has 1 N–H and O–H groups in total. The minimum Gasteiger partial charge on any atom is -0.481 e. The molecule has 0 saturated heterocycles. The summed E-state index contributed by atoms with van der Waals surface area (Å²) in [5, 5.41) is 8.66. The molecule has 0 unspecified atom stereocenters. The number of benzene rings is 1. The van der Waals surface area contributed by atoms with E-state index >= 15 is 0 Å². The Kier molecular flexibility index (Phi) is 4.93. The highest BCUT2D eigenvalue weighted by molar-refractivity contribution is 8.00. The van der Waals surface area contributed by atoms with Crippen molar-refractivity contribution in [3.8, 4) is 0 Å². The van der Waals surface area contributed by atoms with E-state index in [0.717, 1.165) is 30.3 Å². The van der Waals surface area contributed by atoms with Crippen LogP contribution in [0.3, 0.4) is 0 Å². The van der Waals surface area contributed by atoms with Gasteiger partial charge in [-0.1, -0.05) is 32.0 Å². The van der Waals surface area contributed by atoms with Gasteiger partial charge in [0, 0.05) is 17.6 Å². The zero-order chi connectivity index (χ0) is 15.5. The molecule has 0 spiro atoms. The molecular formula is C16H21NO3S. The normalized spacial score (nSPS) is 15.8. The molecule has 1 aliphatic rings. The van der Waals surface area contributed by atoms with Crippen LogP contribution < -0.4 is 4.90 Å². The van der Waals surface area contributed by atoms with Crippen molar-refractivity contribution in [2.45, 2.75) is 32.1 Å². The van der Waals surface area contributed by atoms with Gasteiger partial charge in [0.05, 0.1) is 11.5 Å². The summed E-state index contributed by atoms with van der Waals surface area (Å²) in [4.78, 5) is 24.8. The standard InChI is InChI=1S/C16H21NO3S/c1-3-16(4-2)11-17(13-8-6-5-7-12(13)16)14(18)9-21-10-15(19)20/h5-8H,3-4,9-11H2,1-2H3,(H,19,20). The van der Waals surface area contributed by atoms with Crippen molar-refractivity contribution in [3.05, 3.63) is 29.8 Å². The minimum atomic E-state index is -0.883. The van der Waals surface area contributed by atoms with Gasteiger partial charge >= 0.3 is 5.97 Å². The molecule has 0 bridgehead atoms. The van der Waals surface area contributed by atoms with Crippen molar-refractivity contribution in [1.82, 2.24) is 0 Å². The first-order valence-electron chi connectivity index (χ1n) is 7.23. The molecule has 1 aliphatic heterocycles. The number of carbonyl (C=O) groups is 2. The summed E-state index contributed by atoms with van der Waals surface area (Å²) in [6, 6.07) is 8.07. The third kappa shape index (κ3) is 3.07. The molecule has 5 heteroatoms. The second kappa shape index (κ2) is 6.52. The SMILES string of the molecule is CCC1(CC)CN(C(=O)CSCC(=O)O)c2ccccc21. The van der Waals surface area contributed by atoms with Crippen LogP contribution in [0.5, 0.6) is 0 Å². The van der Waals surface area contributed by atoms with Crippen molar-refractivity contribution >= 4 is 29.3 Å². The summed E-state index contributed by atoms with van der Waals surface area (Å²) in [5.41, 5.74) is 2.26. The number of amides is 1. The van der Waals surface area contributed by atoms with E-state index in [9.17, 15) is 9.59 Å². The molecule has 0 atom stereocenters. The number of hydrogen-bond acceptors (Lipinski definition) is 3. The molecule has 114 valence electrons. The maximum Gasteiger partial charge on any atom is 0.313 e. The molecule has 0 fully saturated rings. The van der Waals surface area contributed by atoms with Crippen LogP contribution in [0.15, 0.2) is 24.3 Å². The van der Waals surface area contributed by atoms with Gasteiger partial charge in [0.2, 0.25) is 5.91 Å². The molecule has 1 amide bonds. The van der Waals surface area contributed by atoms with Crippen LogP contribution in [-0.2, 0) is 15.0 Å². The first-order chi connectivity index (χ1) is 10.0. The Morgan fingerprint density at radius 1 is 1.24 bits per heavy atom. The first-order valence-corrected chi connectivity index (χ1v) is 8.39. The second-order valence-corrected chi connectivity index (χ2v) is 6.36. The molecule has 1 aromatic rings. The van der Waals surface area contributed by atoms with Crippen LogP contribution in [0.25, 0.3) is 0 Å². The number of thioether (sulfide) groups is 1. The number of nitrogens with zero attached hydrogens (tertiary/aromatic N) is 1. The Morgan fingerprint density at radius 2 is 1.90 bits per heavy atom. The monoisotopic (exact) mass is 307 g/mol. The van der Waals surface area contributed by atoms with Crippen LogP contribution in [0.4, 0.5) is 5.69 Å². The summed E-state index contributed by atoms with van der Waals surface area (Å²) in [5.74, 6) is -0.707. The van der Waals surface area contributed by atoms with Gasteiger partial charge in [-0.25, -0.2) is 0 Å². The molecule has 2 rings (SSSR count). The van der Waals surface area contributed by atoms with E-state index in [0.29, 0.717) is 6.54 Å². The lowest BCUT2D eigenvalue weighted by Gasteiger charge is -2.27. The predicted octanol–water partition coefficient (Wildman–Crippen LogP) is 2.91. The molecule has 21 heavy (non-hydrogen) atoms. The molecule has 4 nitrogen and oxygen atoms in total. The maximum atomic E-state index is 12.4. The Hall–Kier alpha value is -1.49. The highest BCUT2D eigenvalue weighted by Crippen LogP contribution is 2.45. The fourth-order valence-electron chi connectivity index (χ4n) is 3.01. The van der Waals surface area contributed by atoms with Crippen molar-refractivity contribution in [1.29, 1.82) is 0 Å². The number of carboxylic acid groups (broad SMARTS) is 1. The number of carbonyl (C=O) groups excluding carboxylic acids is 1. The molecule has 0 radical (unpaired) electrons. The number of hydrogen-bond donors (Lipinski definition) is 1. The van der Waals surface area contributed by atoms with Gasteiger partial charge in [0.15, 0.2) is 0 Å². The number of para-hydroxylation sites is 1. The van der Waals surface area contributed by atoms with E-state index < -0.39 is 5.97 Å². The molecule has 0 saturated carbocycles. The lowest BCUT2D eigenvalue weighted by molar-refractivity contribution is -0.133. The number of aliphatic carboxylic acids is 1. The molecule has 0 aromatic heterocycles. The van der Waals surface area contributed by atoms with E-state index in [2.05, 4.69) is 19.9 Å². The fourth-order valence-corrected chi connectivity index (χ4v) is 3.62. The van der Waals surface area contributed by atoms with Crippen molar-refractivity contribution in [2.75, 3.05) is 23.0 Å². The number of anilines is 1. The average molecular weight is 307 g/mol. The zero-order valence-electron chi connectivity index (χ0n) is 12.5. The third-order valence-corrected chi connectivity index (χ3v) is 5.23. The Bertz CT molecular complexity index is 540. The van der Waals surface area contributed by atoms with Crippen LogP contribution >= 0.6 is 11.8 Å². The summed E-state index contributed by atoms with van der Waals surface area (Å²) < 4.78 is 0. The highest BCUT2D eigenvalue weighted by Gasteiger charge is 2.41. The first kappa shape index (κ1) is 15.9. The Morgan fingerprint density at radius 3 is 2.52 bits per heavy atom. The van der Waals surface area contributed by atoms with E-state index in [1.165, 1.54) is 5.56 Å². The number of fused-ring (bicyclic) bond motifs is 1. The van der Waals surface area contributed by atoms with E-state index in [1.54, 1.807) is 0 Å². The van der Waals surface area contributed by atoms with Crippen molar-refractivity contribution in [3.63, 3.8) is 0 Å². The Labute approximate surface area is 129 Å². The number of carboxylic acids is 1. The van der Waals surface area contributed by atoms with Crippen LogP contribution in [-0.4, -0.2) is 35.0 Å². The average Bonchev–Trinajstić information content (AvgIpc) is 2.82. The predicted molar refractivity (Wildman–Crippen MR) is 86.0 cm³/mol.